The highest BCUT2D eigenvalue weighted by molar-refractivity contribution is 6.31. The number of nitrogens with one attached hydrogen (secondary N) is 1. The van der Waals surface area contributed by atoms with Gasteiger partial charge in [0.1, 0.15) is 0 Å². The van der Waals surface area contributed by atoms with Crippen molar-refractivity contribution in [1.82, 2.24) is 10.2 Å². The predicted octanol–water partition coefficient (Wildman–Crippen LogP) is 3.39. The standard InChI is InChI=1S/C17H25ClN2O/c1-12-4-5-15(10-17(12)18)11-20-8-6-16(7-9-20)13(2)19-14(3)21/h4-5,10,13,16H,6-9,11H2,1-3H3,(H,19,21)/t13-/m1/s1. The van der Waals surface area contributed by atoms with Gasteiger partial charge in [0.15, 0.2) is 0 Å². The fourth-order valence-corrected chi connectivity index (χ4v) is 3.25. The smallest absolute Gasteiger partial charge is 0.217 e. The summed E-state index contributed by atoms with van der Waals surface area (Å²) < 4.78 is 0. The Bertz CT molecular complexity index is 496. The number of halogens is 1. The van der Waals surface area contributed by atoms with E-state index < -0.39 is 0 Å². The number of benzene rings is 1. The summed E-state index contributed by atoms with van der Waals surface area (Å²) in [6.07, 6.45) is 2.28. The molecular weight excluding hydrogens is 284 g/mol. The molecule has 1 saturated heterocycles. The van der Waals surface area contributed by atoms with Crippen LogP contribution >= 0.6 is 11.6 Å². The Kier molecular flexibility index (Phi) is 5.65. The van der Waals surface area contributed by atoms with Gasteiger partial charge in [-0.1, -0.05) is 23.7 Å². The maximum atomic E-state index is 11.1. The molecular formula is C17H25ClN2O. The highest BCUT2D eigenvalue weighted by atomic mass is 35.5. The molecule has 21 heavy (non-hydrogen) atoms. The molecule has 1 aliphatic heterocycles. The van der Waals surface area contributed by atoms with Crippen LogP contribution in [0.4, 0.5) is 0 Å². The number of hydrogen-bond acceptors (Lipinski definition) is 2. The Morgan fingerprint density at radius 3 is 2.67 bits per heavy atom. The monoisotopic (exact) mass is 308 g/mol. The average molecular weight is 309 g/mol. The van der Waals surface area contributed by atoms with Crippen LogP contribution in [-0.2, 0) is 11.3 Å². The van der Waals surface area contributed by atoms with Gasteiger partial charge in [-0.15, -0.1) is 0 Å². The van der Waals surface area contributed by atoms with E-state index in [0.29, 0.717) is 5.92 Å². The molecule has 1 amide bonds. The number of likely N-dealkylation sites (tertiary alicyclic amines) is 1. The second kappa shape index (κ2) is 7.28. The van der Waals surface area contributed by atoms with Gasteiger partial charge in [0.05, 0.1) is 0 Å². The molecule has 1 aromatic carbocycles. The van der Waals surface area contributed by atoms with Crippen molar-refractivity contribution in [1.29, 1.82) is 0 Å². The van der Waals surface area contributed by atoms with Crippen LogP contribution in [0.1, 0.15) is 37.8 Å². The van der Waals surface area contributed by atoms with Crippen molar-refractivity contribution in [2.45, 2.75) is 46.2 Å². The third kappa shape index (κ3) is 4.72. The van der Waals surface area contributed by atoms with Gasteiger partial charge in [-0.25, -0.2) is 0 Å². The molecule has 1 fully saturated rings. The van der Waals surface area contributed by atoms with Gasteiger partial charge in [0, 0.05) is 24.5 Å². The van der Waals surface area contributed by atoms with E-state index in [-0.39, 0.29) is 11.9 Å². The number of nitrogens with zero attached hydrogens (tertiary/aromatic N) is 1. The molecule has 0 spiro atoms. The molecule has 3 nitrogen and oxygen atoms in total. The Morgan fingerprint density at radius 2 is 2.10 bits per heavy atom. The van der Waals surface area contributed by atoms with E-state index in [1.165, 1.54) is 5.56 Å². The Balaban J connectivity index is 1.83. The summed E-state index contributed by atoms with van der Waals surface area (Å²) in [4.78, 5) is 13.6. The van der Waals surface area contributed by atoms with Crippen molar-refractivity contribution in [3.05, 3.63) is 34.3 Å². The van der Waals surface area contributed by atoms with E-state index in [2.05, 4.69) is 35.3 Å². The molecule has 0 radical (unpaired) electrons. The summed E-state index contributed by atoms with van der Waals surface area (Å²) in [5.74, 6) is 0.658. The van der Waals surface area contributed by atoms with Crippen LogP contribution in [0, 0.1) is 12.8 Å². The number of piperidine rings is 1. The van der Waals surface area contributed by atoms with Crippen molar-refractivity contribution in [2.75, 3.05) is 13.1 Å². The van der Waals surface area contributed by atoms with Gasteiger partial charge < -0.3 is 5.32 Å². The number of rotatable bonds is 4. The van der Waals surface area contributed by atoms with Crippen LogP contribution in [0.5, 0.6) is 0 Å². The maximum absolute atomic E-state index is 11.1. The zero-order valence-corrected chi connectivity index (χ0v) is 13.9. The van der Waals surface area contributed by atoms with Crippen LogP contribution in [0.15, 0.2) is 18.2 Å². The van der Waals surface area contributed by atoms with Gasteiger partial charge in [-0.05, 0) is 62.9 Å². The minimum atomic E-state index is 0.0687. The van der Waals surface area contributed by atoms with Crippen LogP contribution in [0.2, 0.25) is 5.02 Å². The summed E-state index contributed by atoms with van der Waals surface area (Å²) in [7, 11) is 0. The van der Waals surface area contributed by atoms with E-state index in [0.717, 1.165) is 43.1 Å². The molecule has 1 aromatic rings. The van der Waals surface area contributed by atoms with E-state index in [1.807, 2.05) is 6.92 Å². The van der Waals surface area contributed by atoms with Gasteiger partial charge in [-0.2, -0.15) is 0 Å². The lowest BCUT2D eigenvalue weighted by atomic mass is 9.90. The molecule has 116 valence electrons. The molecule has 0 bridgehead atoms. The minimum Gasteiger partial charge on any atom is -0.354 e. The van der Waals surface area contributed by atoms with Crippen molar-refractivity contribution in [2.24, 2.45) is 5.92 Å². The second-order valence-electron chi connectivity index (χ2n) is 6.19. The van der Waals surface area contributed by atoms with E-state index >= 15 is 0 Å². The molecule has 2 rings (SSSR count). The van der Waals surface area contributed by atoms with E-state index in [4.69, 9.17) is 11.6 Å². The number of hydrogen-bond donors (Lipinski definition) is 1. The van der Waals surface area contributed by atoms with Gasteiger partial charge in [0.2, 0.25) is 5.91 Å². The first-order valence-electron chi connectivity index (χ1n) is 7.70. The zero-order chi connectivity index (χ0) is 15.4. The average Bonchev–Trinajstić information content (AvgIpc) is 2.43. The summed E-state index contributed by atoms with van der Waals surface area (Å²) in [6, 6.07) is 6.60. The Hall–Kier alpha value is -1.06. The lowest BCUT2D eigenvalue weighted by Crippen LogP contribution is -2.43. The summed E-state index contributed by atoms with van der Waals surface area (Å²) >= 11 is 6.19. The first kappa shape index (κ1) is 16.3. The number of carbonyl (C=O) groups is 1. The highest BCUT2D eigenvalue weighted by Gasteiger charge is 2.24. The van der Waals surface area contributed by atoms with Crippen molar-refractivity contribution >= 4 is 17.5 Å². The van der Waals surface area contributed by atoms with Gasteiger partial charge in [-0.3, -0.25) is 9.69 Å². The van der Waals surface area contributed by atoms with Crippen LogP contribution in [0.3, 0.4) is 0 Å². The first-order chi connectivity index (χ1) is 9.95. The molecule has 1 heterocycles. The molecule has 4 heteroatoms. The molecule has 0 saturated carbocycles. The molecule has 1 aliphatic rings. The van der Waals surface area contributed by atoms with Crippen molar-refractivity contribution in [3.63, 3.8) is 0 Å². The molecule has 1 N–H and O–H groups in total. The largest absolute Gasteiger partial charge is 0.354 e. The lowest BCUT2D eigenvalue weighted by molar-refractivity contribution is -0.120. The SMILES string of the molecule is CC(=O)N[C@H](C)C1CCN(Cc2ccc(C)c(Cl)c2)CC1. The van der Waals surface area contributed by atoms with Crippen LogP contribution in [-0.4, -0.2) is 29.9 Å². The summed E-state index contributed by atoms with van der Waals surface area (Å²) in [5.41, 5.74) is 2.40. The fourth-order valence-electron chi connectivity index (χ4n) is 3.04. The fraction of sp³-hybridized carbons (Fsp3) is 0.588. The quantitative estimate of drug-likeness (QED) is 0.925. The van der Waals surface area contributed by atoms with Crippen molar-refractivity contribution in [3.8, 4) is 0 Å². The third-order valence-corrected chi connectivity index (χ3v) is 4.82. The van der Waals surface area contributed by atoms with Gasteiger partial charge >= 0.3 is 0 Å². The topological polar surface area (TPSA) is 32.3 Å². The molecule has 0 aromatic heterocycles. The Morgan fingerprint density at radius 1 is 1.43 bits per heavy atom. The third-order valence-electron chi connectivity index (χ3n) is 4.41. The van der Waals surface area contributed by atoms with Crippen molar-refractivity contribution < 1.29 is 4.79 Å². The molecule has 0 aliphatic carbocycles. The van der Waals surface area contributed by atoms with E-state index in [9.17, 15) is 4.79 Å². The lowest BCUT2D eigenvalue weighted by Gasteiger charge is -2.35. The Labute approximate surface area is 132 Å². The predicted molar refractivity (Wildman–Crippen MR) is 87.5 cm³/mol. The maximum Gasteiger partial charge on any atom is 0.217 e. The van der Waals surface area contributed by atoms with E-state index in [1.54, 1.807) is 6.92 Å². The summed E-state index contributed by atoms with van der Waals surface area (Å²) in [5, 5.41) is 3.86. The molecule has 0 unspecified atom stereocenters. The first-order valence-corrected chi connectivity index (χ1v) is 8.08. The molecule has 1 atom stereocenters. The van der Waals surface area contributed by atoms with Crippen LogP contribution in [0.25, 0.3) is 0 Å². The minimum absolute atomic E-state index is 0.0687. The summed E-state index contributed by atoms with van der Waals surface area (Å²) in [6.45, 7) is 8.86. The van der Waals surface area contributed by atoms with Crippen LogP contribution < -0.4 is 5.32 Å². The second-order valence-corrected chi connectivity index (χ2v) is 6.59. The highest BCUT2D eigenvalue weighted by Crippen LogP contribution is 2.23. The van der Waals surface area contributed by atoms with Gasteiger partial charge in [0.25, 0.3) is 0 Å². The zero-order valence-electron chi connectivity index (χ0n) is 13.2. The number of aryl methyl sites for hydroxylation is 1. The number of amides is 1. The number of carbonyl (C=O) groups excluding carboxylic acids is 1. The normalized spacial score (nSPS) is 18.5.